The molecule has 3 rings (SSSR count). The average Bonchev–Trinajstić information content (AvgIpc) is 2.68. The Hall–Kier alpha value is -2.59. The first-order valence-electron chi connectivity index (χ1n) is 9.15. The normalized spacial score (nSPS) is 15.4. The molecule has 1 heterocycles. The van der Waals surface area contributed by atoms with Crippen LogP contribution in [0.1, 0.15) is 16.7 Å². The number of hydrogen-bond acceptors (Lipinski definition) is 2. The summed E-state index contributed by atoms with van der Waals surface area (Å²) in [5, 5.41) is 0. The smallest absolute Gasteiger partial charge is 0.246 e. The molecule has 1 N–H and O–H groups in total. The molecular formula is C22H27N2O2+. The van der Waals surface area contributed by atoms with Crippen LogP contribution in [0.2, 0.25) is 0 Å². The second kappa shape index (κ2) is 8.68. The van der Waals surface area contributed by atoms with Crippen molar-refractivity contribution in [1.29, 1.82) is 0 Å². The summed E-state index contributed by atoms with van der Waals surface area (Å²) in [6, 6.07) is 16.4. The molecule has 4 heteroatoms. The molecule has 0 aliphatic carbocycles. The SMILES string of the molecule is COc1ccc(C[NH+]2CCN(C(=O)/C=C/c3ccccc3C)CC2)cc1. The Morgan fingerprint density at radius 3 is 2.46 bits per heavy atom. The maximum absolute atomic E-state index is 12.4. The lowest BCUT2D eigenvalue weighted by Gasteiger charge is -2.31. The monoisotopic (exact) mass is 351 g/mol. The van der Waals surface area contributed by atoms with Crippen molar-refractivity contribution in [3.63, 3.8) is 0 Å². The van der Waals surface area contributed by atoms with Crippen LogP contribution in [0.4, 0.5) is 0 Å². The molecule has 136 valence electrons. The van der Waals surface area contributed by atoms with Crippen molar-refractivity contribution in [2.45, 2.75) is 13.5 Å². The van der Waals surface area contributed by atoms with E-state index >= 15 is 0 Å². The van der Waals surface area contributed by atoms with Gasteiger partial charge in [0.15, 0.2) is 0 Å². The van der Waals surface area contributed by atoms with Gasteiger partial charge in [0.1, 0.15) is 12.3 Å². The molecule has 2 aromatic rings. The van der Waals surface area contributed by atoms with Crippen LogP contribution in [-0.2, 0) is 11.3 Å². The Morgan fingerprint density at radius 2 is 1.81 bits per heavy atom. The number of amides is 1. The fourth-order valence-electron chi connectivity index (χ4n) is 3.29. The fraction of sp³-hybridized carbons (Fsp3) is 0.318. The quantitative estimate of drug-likeness (QED) is 0.836. The highest BCUT2D eigenvalue weighted by Gasteiger charge is 2.22. The van der Waals surface area contributed by atoms with Gasteiger partial charge < -0.3 is 14.5 Å². The van der Waals surface area contributed by atoms with Gasteiger partial charge >= 0.3 is 0 Å². The summed E-state index contributed by atoms with van der Waals surface area (Å²) < 4.78 is 5.20. The van der Waals surface area contributed by atoms with Crippen LogP contribution in [0.15, 0.2) is 54.6 Å². The highest BCUT2D eigenvalue weighted by atomic mass is 16.5. The van der Waals surface area contributed by atoms with E-state index in [1.54, 1.807) is 13.2 Å². The zero-order valence-electron chi connectivity index (χ0n) is 15.6. The van der Waals surface area contributed by atoms with E-state index in [0.717, 1.165) is 44.0 Å². The summed E-state index contributed by atoms with van der Waals surface area (Å²) in [6.07, 6.45) is 3.63. The van der Waals surface area contributed by atoms with Gasteiger partial charge in [-0.2, -0.15) is 0 Å². The zero-order valence-corrected chi connectivity index (χ0v) is 15.6. The lowest BCUT2D eigenvalue weighted by atomic mass is 10.1. The Kier molecular flexibility index (Phi) is 6.08. The van der Waals surface area contributed by atoms with Gasteiger partial charge in [0.25, 0.3) is 0 Å². The molecule has 2 aromatic carbocycles. The van der Waals surface area contributed by atoms with E-state index in [0.29, 0.717) is 0 Å². The first-order valence-corrected chi connectivity index (χ1v) is 9.15. The van der Waals surface area contributed by atoms with E-state index < -0.39 is 0 Å². The number of ether oxygens (including phenoxy) is 1. The van der Waals surface area contributed by atoms with Crippen molar-refractivity contribution < 1.29 is 14.4 Å². The fourth-order valence-corrected chi connectivity index (χ4v) is 3.29. The summed E-state index contributed by atoms with van der Waals surface area (Å²) >= 11 is 0. The van der Waals surface area contributed by atoms with E-state index in [1.807, 2.05) is 41.3 Å². The minimum absolute atomic E-state index is 0.108. The standard InChI is InChI=1S/C22H26N2O2/c1-18-5-3-4-6-20(18)9-12-22(25)24-15-13-23(14-16-24)17-19-7-10-21(26-2)11-8-19/h3-12H,13-17H2,1-2H3/p+1/b12-9+. The predicted octanol–water partition coefficient (Wildman–Crippen LogP) is 1.94. The predicted molar refractivity (Wildman–Crippen MR) is 104 cm³/mol. The number of carbonyl (C=O) groups is 1. The van der Waals surface area contributed by atoms with E-state index in [4.69, 9.17) is 4.74 Å². The third kappa shape index (κ3) is 4.73. The van der Waals surface area contributed by atoms with Gasteiger partial charge in [-0.3, -0.25) is 4.79 Å². The third-order valence-electron chi connectivity index (χ3n) is 4.99. The lowest BCUT2D eigenvalue weighted by Crippen LogP contribution is -3.13. The summed E-state index contributed by atoms with van der Waals surface area (Å²) in [5.74, 6) is 0.997. The van der Waals surface area contributed by atoms with E-state index in [-0.39, 0.29) is 5.91 Å². The molecule has 0 unspecified atom stereocenters. The molecule has 1 aliphatic heterocycles. The number of nitrogens with one attached hydrogen (secondary N) is 1. The van der Waals surface area contributed by atoms with Crippen molar-refractivity contribution >= 4 is 12.0 Å². The Morgan fingerprint density at radius 1 is 1.12 bits per heavy atom. The topological polar surface area (TPSA) is 34.0 Å². The first-order chi connectivity index (χ1) is 12.7. The number of rotatable bonds is 5. The van der Waals surface area contributed by atoms with Gasteiger partial charge in [0.05, 0.1) is 33.3 Å². The number of piperazine rings is 1. The van der Waals surface area contributed by atoms with E-state index in [9.17, 15) is 4.79 Å². The van der Waals surface area contributed by atoms with Gasteiger partial charge in [-0.15, -0.1) is 0 Å². The van der Waals surface area contributed by atoms with Crippen LogP contribution in [0.3, 0.4) is 0 Å². The number of quaternary nitrogens is 1. The molecule has 0 bridgehead atoms. The minimum Gasteiger partial charge on any atom is -0.497 e. The Bertz CT molecular complexity index is 760. The number of carbonyl (C=O) groups excluding carboxylic acids is 1. The van der Waals surface area contributed by atoms with Gasteiger partial charge in [-0.05, 0) is 48.4 Å². The minimum atomic E-state index is 0.108. The number of methoxy groups -OCH3 is 1. The molecule has 4 nitrogen and oxygen atoms in total. The van der Waals surface area contributed by atoms with Gasteiger partial charge in [-0.1, -0.05) is 24.3 Å². The molecule has 0 saturated carbocycles. The van der Waals surface area contributed by atoms with E-state index in [1.165, 1.54) is 16.0 Å². The Labute approximate surface area is 155 Å². The highest BCUT2D eigenvalue weighted by Crippen LogP contribution is 2.11. The molecule has 0 aromatic heterocycles. The highest BCUT2D eigenvalue weighted by molar-refractivity contribution is 5.92. The molecule has 26 heavy (non-hydrogen) atoms. The molecule has 1 amide bonds. The summed E-state index contributed by atoms with van der Waals surface area (Å²) in [7, 11) is 1.68. The third-order valence-corrected chi connectivity index (χ3v) is 4.99. The van der Waals surface area contributed by atoms with Gasteiger partial charge in [0, 0.05) is 11.6 Å². The van der Waals surface area contributed by atoms with Crippen molar-refractivity contribution in [3.8, 4) is 5.75 Å². The van der Waals surface area contributed by atoms with Crippen LogP contribution in [-0.4, -0.2) is 44.1 Å². The Balaban J connectivity index is 1.49. The maximum Gasteiger partial charge on any atom is 0.246 e. The van der Waals surface area contributed by atoms with Gasteiger partial charge in [-0.25, -0.2) is 0 Å². The second-order valence-corrected chi connectivity index (χ2v) is 6.79. The number of benzene rings is 2. The van der Waals surface area contributed by atoms with Crippen LogP contribution in [0.5, 0.6) is 5.75 Å². The molecule has 0 radical (unpaired) electrons. The summed E-state index contributed by atoms with van der Waals surface area (Å²) in [5.41, 5.74) is 3.59. The number of aryl methyl sites for hydroxylation is 1. The first kappa shape index (κ1) is 18.2. The summed E-state index contributed by atoms with van der Waals surface area (Å²) in [4.78, 5) is 15.9. The van der Waals surface area contributed by atoms with Crippen molar-refractivity contribution in [1.82, 2.24) is 4.90 Å². The summed E-state index contributed by atoms with van der Waals surface area (Å²) in [6.45, 7) is 6.63. The molecular weight excluding hydrogens is 324 g/mol. The number of hydrogen-bond donors (Lipinski definition) is 1. The average molecular weight is 351 g/mol. The zero-order chi connectivity index (χ0) is 18.4. The lowest BCUT2D eigenvalue weighted by molar-refractivity contribution is -0.917. The molecule has 1 aliphatic rings. The molecule has 1 fully saturated rings. The molecule has 0 atom stereocenters. The van der Waals surface area contributed by atoms with Crippen LogP contribution in [0.25, 0.3) is 6.08 Å². The van der Waals surface area contributed by atoms with Crippen LogP contribution >= 0.6 is 0 Å². The molecule has 1 saturated heterocycles. The second-order valence-electron chi connectivity index (χ2n) is 6.79. The van der Waals surface area contributed by atoms with E-state index in [2.05, 4.69) is 25.1 Å². The van der Waals surface area contributed by atoms with Crippen molar-refractivity contribution in [2.75, 3.05) is 33.3 Å². The number of nitrogens with zero attached hydrogens (tertiary/aromatic N) is 1. The van der Waals surface area contributed by atoms with Crippen molar-refractivity contribution in [3.05, 3.63) is 71.3 Å². The van der Waals surface area contributed by atoms with Crippen molar-refractivity contribution in [2.24, 2.45) is 0 Å². The molecule has 0 spiro atoms. The largest absolute Gasteiger partial charge is 0.497 e. The van der Waals surface area contributed by atoms with Gasteiger partial charge in [0.2, 0.25) is 5.91 Å². The maximum atomic E-state index is 12.4. The van der Waals surface area contributed by atoms with Crippen LogP contribution in [0, 0.1) is 6.92 Å². The van der Waals surface area contributed by atoms with Crippen LogP contribution < -0.4 is 9.64 Å².